The first-order chi connectivity index (χ1) is 68.0. The lowest BCUT2D eigenvalue weighted by Gasteiger charge is -2.40. The van der Waals surface area contributed by atoms with Crippen LogP contribution < -0.4 is 56.8 Å². The third kappa shape index (κ3) is 26.1. The number of esters is 4. The molecule has 0 aliphatic carbocycles. The van der Waals surface area contributed by atoms with Crippen LogP contribution in [0.3, 0.4) is 0 Å². The number of carbonyl (C=O) groups is 4. The Hall–Kier alpha value is -17.0. The van der Waals surface area contributed by atoms with Crippen LogP contribution in [0.5, 0.6) is 69.0 Å². The largest absolute Gasteiger partial charge is 0.485 e. The molecule has 1 aliphatic heterocycles. The summed E-state index contributed by atoms with van der Waals surface area (Å²) in [6.45, 7) is -0.701. The van der Waals surface area contributed by atoms with Gasteiger partial charge < -0.3 is 80.5 Å². The summed E-state index contributed by atoms with van der Waals surface area (Å²) in [6.07, 6.45) is -8.11. The highest BCUT2D eigenvalue weighted by Gasteiger charge is 2.51. The van der Waals surface area contributed by atoms with Gasteiger partial charge in [0.05, 0.1) is 28.9 Å². The molecule has 1 saturated heterocycles. The van der Waals surface area contributed by atoms with E-state index < -0.39 is 55.1 Å². The molecule has 21 nitrogen and oxygen atoms in total. The predicted octanol–water partition coefficient (Wildman–Crippen LogP) is 23.8. The van der Waals surface area contributed by atoms with Crippen molar-refractivity contribution in [3.8, 4) is 69.0 Å². The summed E-state index contributed by atoms with van der Waals surface area (Å²) in [6, 6.07) is 125. The summed E-state index contributed by atoms with van der Waals surface area (Å²) in [4.78, 5) is 65.6. The predicted molar refractivity (Wildman–Crippen MR) is 518 cm³/mol. The molecule has 138 heavy (non-hydrogen) atoms. The van der Waals surface area contributed by atoms with Gasteiger partial charge >= 0.3 is 23.9 Å². The van der Waals surface area contributed by atoms with Gasteiger partial charge in [0.25, 0.3) is 0 Å². The van der Waals surface area contributed by atoms with Gasteiger partial charge in [-0.1, -0.05) is 364 Å². The van der Waals surface area contributed by atoms with Gasteiger partial charge in [-0.25, -0.2) is 19.2 Å². The van der Waals surface area contributed by atoms with Gasteiger partial charge in [0.1, 0.15) is 79.3 Å². The van der Waals surface area contributed by atoms with Crippen LogP contribution in [-0.2, 0) is 103 Å². The van der Waals surface area contributed by atoms with Crippen LogP contribution in [0.15, 0.2) is 413 Å². The molecule has 1 fully saturated rings. The quantitative estimate of drug-likeness (QED) is 0.0255. The van der Waals surface area contributed by atoms with E-state index >= 15 is 19.2 Å². The molecule has 0 N–H and O–H groups in total. The van der Waals surface area contributed by atoms with Crippen molar-refractivity contribution in [3.05, 3.63) is 502 Å². The molecule has 692 valence electrons. The Bertz CT molecular complexity index is 5940. The SMILES string of the molecule is O=C(O[C@@H]1OC[C@@H](OC(=O)c2cc(OCc3ccccc3)c(OCc3ccccc3)c(OCc3ccccc3)c2)[C@H](OC(=O)c2cc(OCc3ccccc3)c(OCc3ccccc3)c(OCc3ccccc3)c2)[C@@H]1OC(=O)c1cc(OCc2ccccc2)c(OCc2ccccc2)c(OCc2ccccc2)c1)c1cc(OCc2ccccc2)c(OCc2ccccc2)c(OCc2ccccc2)c1. The molecule has 17 rings (SSSR count). The zero-order chi connectivity index (χ0) is 94.1. The number of hydrogen-bond donors (Lipinski definition) is 0. The van der Waals surface area contributed by atoms with E-state index in [1.165, 1.54) is 48.5 Å². The molecule has 0 saturated carbocycles. The Morgan fingerprint density at radius 3 is 0.522 bits per heavy atom. The van der Waals surface area contributed by atoms with E-state index in [9.17, 15) is 0 Å². The Balaban J connectivity index is 0.827. The molecule has 0 spiro atoms. The van der Waals surface area contributed by atoms with E-state index in [1.807, 2.05) is 364 Å². The van der Waals surface area contributed by atoms with Crippen LogP contribution in [0, 0.1) is 0 Å². The average Bonchev–Trinajstić information content (AvgIpc) is 0.775. The highest BCUT2D eigenvalue weighted by atomic mass is 16.7. The molecular weight excluding hydrogens is 1740 g/mol. The van der Waals surface area contributed by atoms with E-state index in [4.69, 9.17) is 80.5 Å². The summed E-state index contributed by atoms with van der Waals surface area (Å²) in [5, 5.41) is 0. The van der Waals surface area contributed by atoms with E-state index in [0.29, 0.717) is 0 Å². The van der Waals surface area contributed by atoms with Crippen molar-refractivity contribution in [1.29, 1.82) is 0 Å². The first kappa shape index (κ1) is 92.8. The van der Waals surface area contributed by atoms with Crippen LogP contribution in [0.4, 0.5) is 0 Å². The number of ether oxygens (including phenoxy) is 17. The molecule has 0 unspecified atom stereocenters. The molecule has 1 heterocycles. The molecule has 0 radical (unpaired) electrons. The fourth-order valence-electron chi connectivity index (χ4n) is 15.0. The Morgan fingerprint density at radius 2 is 0.341 bits per heavy atom. The van der Waals surface area contributed by atoms with Crippen molar-refractivity contribution in [3.63, 3.8) is 0 Å². The summed E-state index contributed by atoms with van der Waals surface area (Å²) < 4.78 is 115. The monoisotopic (exact) mass is 1840 g/mol. The fourth-order valence-corrected chi connectivity index (χ4v) is 15.0. The molecule has 16 aromatic carbocycles. The van der Waals surface area contributed by atoms with E-state index in [-0.39, 0.29) is 171 Å². The molecule has 4 atom stereocenters. The van der Waals surface area contributed by atoms with Gasteiger partial charge in [0, 0.05) is 0 Å². The minimum absolute atomic E-state index is 0.0000821. The normalized spacial score (nSPS) is 13.6. The number of benzene rings is 16. The Morgan fingerprint density at radius 1 is 0.188 bits per heavy atom. The second-order valence-corrected chi connectivity index (χ2v) is 32.3. The standard InChI is InChI=1S/C117H98O21/c118-113(94-61-98(122-69-82-37-13-1-14-38-82)107(130-77-90-53-29-9-30-54-90)99(62-94)123-70-83-39-15-2-16-40-83)135-106-81-134-117(138-116(121)97-67-104(128-75-88-49-25-7-26-50-88)110(133-80-93-59-35-12-36-60-93)105(68-97)129-76-89-51-27-8-28-52-89)112(137-115(120)96-65-102(126-73-86-45-21-5-22-46-86)109(132-79-92-57-33-11-34-58-92)103(66-96)127-74-87-47-23-6-24-48-87)111(106)136-114(119)95-63-100(124-71-84-41-17-3-18-42-84)108(131-78-91-55-31-10-32-56-91)101(64-95)125-72-85-43-19-4-20-44-85/h1-68,106,111-112,117H,69-81H2/t106-,111+,112+,117+/m1/s1. The van der Waals surface area contributed by atoms with Crippen molar-refractivity contribution in [1.82, 2.24) is 0 Å². The highest BCUT2D eigenvalue weighted by Crippen LogP contribution is 2.47. The molecule has 0 amide bonds. The maximum absolute atomic E-state index is 16.6. The van der Waals surface area contributed by atoms with Crippen LogP contribution in [0.2, 0.25) is 0 Å². The Labute approximate surface area is 800 Å². The second-order valence-electron chi connectivity index (χ2n) is 32.3. The van der Waals surface area contributed by atoms with Gasteiger partial charge in [-0.05, 0) is 115 Å². The Kier molecular flexibility index (Phi) is 32.0. The fraction of sp³-hybridized carbons (Fsp3) is 0.145. The van der Waals surface area contributed by atoms with E-state index in [2.05, 4.69) is 0 Å². The summed E-state index contributed by atoms with van der Waals surface area (Å²) in [7, 11) is 0. The van der Waals surface area contributed by atoms with Gasteiger partial charge in [0.15, 0.2) is 58.2 Å². The maximum atomic E-state index is 16.6. The number of rotatable bonds is 44. The van der Waals surface area contributed by atoms with E-state index in [0.717, 1.165) is 66.8 Å². The molecule has 21 heteroatoms. The van der Waals surface area contributed by atoms with Crippen molar-refractivity contribution in [2.24, 2.45) is 0 Å². The zero-order valence-corrected chi connectivity index (χ0v) is 75.3. The van der Waals surface area contributed by atoms with Crippen LogP contribution in [-0.4, -0.2) is 55.1 Å². The van der Waals surface area contributed by atoms with Gasteiger partial charge in [-0.3, -0.25) is 0 Å². The summed E-state index contributed by atoms with van der Waals surface area (Å²) in [5.74, 6) is -3.44. The molecule has 0 aromatic heterocycles. The van der Waals surface area contributed by atoms with Crippen molar-refractivity contribution < 1.29 is 99.7 Å². The molecule has 1 aliphatic rings. The van der Waals surface area contributed by atoms with Gasteiger partial charge in [0.2, 0.25) is 35.4 Å². The van der Waals surface area contributed by atoms with Crippen molar-refractivity contribution in [2.75, 3.05) is 6.61 Å². The first-order valence-electron chi connectivity index (χ1n) is 45.2. The lowest BCUT2D eigenvalue weighted by molar-refractivity contribution is -0.250. The van der Waals surface area contributed by atoms with Crippen molar-refractivity contribution in [2.45, 2.75) is 104 Å². The number of carbonyl (C=O) groups excluding carboxylic acids is 4. The average molecular weight is 1840 g/mol. The molecule has 16 aromatic rings. The number of hydrogen-bond acceptors (Lipinski definition) is 21. The van der Waals surface area contributed by atoms with E-state index in [1.54, 1.807) is 0 Å². The summed E-state index contributed by atoms with van der Waals surface area (Å²) >= 11 is 0. The van der Waals surface area contributed by atoms with Gasteiger partial charge in [-0.15, -0.1) is 0 Å². The lowest BCUT2D eigenvalue weighted by atomic mass is 10.0. The molecular formula is C117H98O21. The minimum Gasteiger partial charge on any atom is -0.485 e. The molecule has 0 bridgehead atoms. The lowest BCUT2D eigenvalue weighted by Crippen LogP contribution is -2.58. The smallest absolute Gasteiger partial charge is 0.340 e. The van der Waals surface area contributed by atoms with Gasteiger partial charge in [-0.2, -0.15) is 0 Å². The summed E-state index contributed by atoms with van der Waals surface area (Å²) in [5.41, 5.74) is 8.64. The topological polar surface area (TPSA) is 225 Å². The van der Waals surface area contributed by atoms with Crippen LogP contribution in [0.25, 0.3) is 0 Å². The third-order valence-electron chi connectivity index (χ3n) is 22.2. The third-order valence-corrected chi connectivity index (χ3v) is 22.2. The maximum Gasteiger partial charge on any atom is 0.340 e. The van der Waals surface area contributed by atoms with Crippen molar-refractivity contribution >= 4 is 23.9 Å². The zero-order valence-electron chi connectivity index (χ0n) is 75.3. The van der Waals surface area contributed by atoms with Crippen LogP contribution in [0.1, 0.15) is 108 Å². The van der Waals surface area contributed by atoms with Crippen LogP contribution >= 0.6 is 0 Å². The first-order valence-corrected chi connectivity index (χ1v) is 45.2. The minimum atomic E-state index is -2.15. The highest BCUT2D eigenvalue weighted by molar-refractivity contribution is 5.94. The second kappa shape index (κ2) is 47.5.